The number of aromatic nitrogens is 4. The number of rotatable bonds is 14. The molecule has 3 aromatic carbocycles. The number of aliphatic hydroxyl groups is 2. The molecule has 0 spiro atoms. The zero-order valence-electron chi connectivity index (χ0n) is 41.7. The first-order valence-corrected chi connectivity index (χ1v) is 25.7. The molecule has 386 valence electrons. The van der Waals surface area contributed by atoms with E-state index in [1.807, 2.05) is 32.1 Å². The molecule has 2 unspecified atom stereocenters. The standard InChI is InChI=1S/C25H31N3O4.C18H27N3O3.C14H10O3/c1-2-21-20(29)15-22(32-21)28-16-19(14-8-11-17-9-6-7-10-17)23(27-25(28)31)26-24(30)18-12-4-3-5-13-18;1-2-15-14(22)10-16(24-15)21-11-13(17(19)20-18(21)23)9-5-8-12-6-3-4-7-12;15-13(11-7-3-1-4-8-11)17-14(16)12-9-5-2-6-10-12/h3-5,8,12-14,16-17,20-22,29H,2,6-7,9-11,15H2,1H3,(H,26,27,30,31);5,9,11-12,14-16,22H,2-4,6-8,10H2,1H3,(H2,19,20,23);1-10H/b14-8+;9-5+;/t20?,21-,22-;14?,15-,16-;/m11./s1. The summed E-state index contributed by atoms with van der Waals surface area (Å²) in [6.45, 7) is 3.90. The van der Waals surface area contributed by atoms with Gasteiger partial charge in [0, 0.05) is 41.9 Å². The highest BCUT2D eigenvalue weighted by Crippen LogP contribution is 2.33. The molecule has 4 aliphatic rings. The summed E-state index contributed by atoms with van der Waals surface area (Å²) < 4.78 is 19.3. The van der Waals surface area contributed by atoms with Gasteiger partial charge in [-0.2, -0.15) is 9.97 Å². The Morgan fingerprint density at radius 1 is 0.644 bits per heavy atom. The molecular weight excluding hydrogens is 929 g/mol. The van der Waals surface area contributed by atoms with Crippen LogP contribution in [0.5, 0.6) is 0 Å². The van der Waals surface area contributed by atoms with Gasteiger partial charge in [0.05, 0.1) is 35.5 Å². The topological polar surface area (TPSA) is 227 Å². The minimum Gasteiger partial charge on any atom is -0.390 e. The van der Waals surface area contributed by atoms with Gasteiger partial charge in [-0.1, -0.05) is 144 Å². The summed E-state index contributed by atoms with van der Waals surface area (Å²) in [6.07, 6.45) is 23.1. The fraction of sp³-hybridized carbons (Fsp3) is 0.421. The van der Waals surface area contributed by atoms with Gasteiger partial charge in [0.2, 0.25) is 0 Å². The number of benzene rings is 3. The predicted octanol–water partition coefficient (Wildman–Crippen LogP) is 9.31. The molecule has 0 radical (unpaired) electrons. The maximum absolute atomic E-state index is 12.8. The molecule has 2 saturated carbocycles. The first kappa shape index (κ1) is 53.9. The van der Waals surface area contributed by atoms with E-state index in [1.54, 1.807) is 97.3 Å². The quantitative estimate of drug-likeness (QED) is 0.0602. The molecule has 2 aromatic heterocycles. The van der Waals surface area contributed by atoms with Crippen molar-refractivity contribution in [2.75, 3.05) is 11.1 Å². The van der Waals surface area contributed by atoms with Crippen molar-refractivity contribution in [1.29, 1.82) is 0 Å². The van der Waals surface area contributed by atoms with Gasteiger partial charge in [-0.3, -0.25) is 13.9 Å². The molecule has 2 aliphatic carbocycles. The SMILES string of the molecule is CC[C@H]1O[C@@H](n2cc(/C=C/CC3CCCC3)c(N)nc2=O)CC1O.CC[C@H]1O[C@@H](n2cc(/C=C/CC3CCCC3)c(NC(=O)c3ccccc3)nc2=O)CC1O.O=C(OC(=O)c1ccccc1)c1ccccc1. The third kappa shape index (κ3) is 15.1. The van der Waals surface area contributed by atoms with Crippen molar-refractivity contribution < 1.29 is 38.8 Å². The zero-order chi connectivity index (χ0) is 51.7. The molecule has 16 nitrogen and oxygen atoms in total. The second kappa shape index (κ2) is 26.7. The largest absolute Gasteiger partial charge is 0.390 e. The number of hydrogen-bond donors (Lipinski definition) is 4. The van der Waals surface area contributed by atoms with Gasteiger partial charge in [-0.15, -0.1) is 0 Å². The number of nitrogens with two attached hydrogens (primary N) is 1. The van der Waals surface area contributed by atoms with Crippen LogP contribution in [0.3, 0.4) is 0 Å². The van der Waals surface area contributed by atoms with Crippen molar-refractivity contribution in [2.24, 2.45) is 11.8 Å². The van der Waals surface area contributed by atoms with Gasteiger partial charge in [-0.05, 0) is 73.9 Å². The van der Waals surface area contributed by atoms with E-state index in [2.05, 4.69) is 27.4 Å². The van der Waals surface area contributed by atoms with Crippen LogP contribution in [0.15, 0.2) is 125 Å². The fourth-order valence-electron chi connectivity index (χ4n) is 9.64. The molecule has 73 heavy (non-hydrogen) atoms. The number of amides is 1. The number of ether oxygens (including phenoxy) is 3. The summed E-state index contributed by atoms with van der Waals surface area (Å²) in [5.74, 6) is 0.321. The van der Waals surface area contributed by atoms with Crippen LogP contribution in [0, 0.1) is 11.8 Å². The van der Waals surface area contributed by atoms with E-state index in [1.165, 1.54) is 60.5 Å². The van der Waals surface area contributed by atoms with E-state index in [0.717, 1.165) is 24.3 Å². The predicted molar refractivity (Wildman–Crippen MR) is 279 cm³/mol. The smallest absolute Gasteiger partial charge is 0.351 e. The molecule has 5 N–H and O–H groups in total. The molecule has 4 heterocycles. The number of hydrogen-bond acceptors (Lipinski definition) is 13. The van der Waals surface area contributed by atoms with Gasteiger partial charge in [0.25, 0.3) is 5.91 Å². The highest BCUT2D eigenvalue weighted by atomic mass is 16.6. The number of esters is 2. The maximum Gasteiger partial charge on any atom is 0.351 e. The Morgan fingerprint density at radius 3 is 1.49 bits per heavy atom. The number of anilines is 2. The average molecular weight is 997 g/mol. The van der Waals surface area contributed by atoms with Crippen molar-refractivity contribution >= 4 is 41.6 Å². The second-order valence-corrected chi connectivity index (χ2v) is 19.0. The van der Waals surface area contributed by atoms with Crippen LogP contribution in [0.2, 0.25) is 0 Å². The van der Waals surface area contributed by atoms with Crippen LogP contribution in [-0.4, -0.2) is 71.6 Å². The van der Waals surface area contributed by atoms with E-state index in [0.29, 0.717) is 53.9 Å². The number of nitrogens with one attached hydrogen (secondary N) is 1. The lowest BCUT2D eigenvalue weighted by atomic mass is 10.0. The summed E-state index contributed by atoms with van der Waals surface area (Å²) in [7, 11) is 0. The van der Waals surface area contributed by atoms with Crippen molar-refractivity contribution in [2.45, 2.75) is 141 Å². The first-order chi connectivity index (χ1) is 35.4. The highest BCUT2D eigenvalue weighted by Gasteiger charge is 2.36. The molecule has 2 aliphatic heterocycles. The summed E-state index contributed by atoms with van der Waals surface area (Å²) in [5, 5.41) is 23.0. The number of allylic oxidation sites excluding steroid dienone is 2. The second-order valence-electron chi connectivity index (χ2n) is 19.0. The molecular formula is C57H68N6O10. The van der Waals surface area contributed by atoms with Crippen molar-refractivity contribution in [3.8, 4) is 0 Å². The van der Waals surface area contributed by atoms with Crippen LogP contribution in [0.1, 0.15) is 158 Å². The molecule has 5 aromatic rings. The Kier molecular flexibility index (Phi) is 19.8. The summed E-state index contributed by atoms with van der Waals surface area (Å²) >= 11 is 0. The van der Waals surface area contributed by atoms with Crippen LogP contribution < -0.4 is 22.4 Å². The average Bonchev–Trinajstić information content (AvgIpc) is 4.26. The maximum atomic E-state index is 12.8. The van der Waals surface area contributed by atoms with Gasteiger partial charge < -0.3 is 35.5 Å². The molecule has 6 atom stereocenters. The van der Waals surface area contributed by atoms with Crippen molar-refractivity contribution in [1.82, 2.24) is 19.1 Å². The Balaban J connectivity index is 0.000000168. The van der Waals surface area contributed by atoms with Crippen LogP contribution in [0.4, 0.5) is 11.6 Å². The van der Waals surface area contributed by atoms with Gasteiger partial charge in [0.15, 0.2) is 0 Å². The normalized spacial score (nSPS) is 21.9. The Labute approximate surface area is 426 Å². The van der Waals surface area contributed by atoms with E-state index in [-0.39, 0.29) is 29.8 Å². The van der Waals surface area contributed by atoms with Gasteiger partial charge in [0.1, 0.15) is 24.1 Å². The number of carbonyl (C=O) groups is 3. The van der Waals surface area contributed by atoms with E-state index < -0.39 is 48.0 Å². The summed E-state index contributed by atoms with van der Waals surface area (Å²) in [5.41, 5.74) is 7.52. The Morgan fingerprint density at radius 2 is 1.05 bits per heavy atom. The highest BCUT2D eigenvalue weighted by molar-refractivity contribution is 6.04. The molecule has 16 heteroatoms. The minimum absolute atomic E-state index is 0.230. The third-order valence-corrected chi connectivity index (χ3v) is 13.8. The molecule has 9 rings (SSSR count). The van der Waals surface area contributed by atoms with Crippen molar-refractivity contribution in [3.05, 3.63) is 164 Å². The fourth-order valence-corrected chi connectivity index (χ4v) is 9.64. The lowest BCUT2D eigenvalue weighted by molar-refractivity contribution is -0.0217. The lowest BCUT2D eigenvalue weighted by Gasteiger charge is -2.17. The summed E-state index contributed by atoms with van der Waals surface area (Å²) in [4.78, 5) is 68.9. The van der Waals surface area contributed by atoms with E-state index in [4.69, 9.17) is 19.9 Å². The van der Waals surface area contributed by atoms with Gasteiger partial charge >= 0.3 is 23.3 Å². The third-order valence-electron chi connectivity index (χ3n) is 13.8. The summed E-state index contributed by atoms with van der Waals surface area (Å²) in [6, 6.07) is 25.7. The minimum atomic E-state index is -0.639. The van der Waals surface area contributed by atoms with Crippen LogP contribution >= 0.6 is 0 Å². The Hall–Kier alpha value is -6.85. The monoisotopic (exact) mass is 996 g/mol. The molecule has 4 fully saturated rings. The molecule has 1 amide bonds. The van der Waals surface area contributed by atoms with Gasteiger partial charge in [-0.25, -0.2) is 19.2 Å². The first-order valence-electron chi connectivity index (χ1n) is 25.7. The number of carbonyl (C=O) groups excluding carboxylic acids is 3. The number of nitrogen functional groups attached to an aromatic ring is 1. The molecule has 0 bridgehead atoms. The lowest BCUT2D eigenvalue weighted by Crippen LogP contribution is -2.29. The Bertz CT molecular complexity index is 2720. The van der Waals surface area contributed by atoms with Crippen LogP contribution in [0.25, 0.3) is 12.2 Å². The number of aliphatic hydroxyl groups excluding tert-OH is 2. The number of nitrogens with zero attached hydrogens (tertiary/aromatic N) is 4. The zero-order valence-corrected chi connectivity index (χ0v) is 41.7. The van der Waals surface area contributed by atoms with Crippen molar-refractivity contribution in [3.63, 3.8) is 0 Å². The van der Waals surface area contributed by atoms with Crippen LogP contribution in [-0.2, 0) is 14.2 Å². The van der Waals surface area contributed by atoms with E-state index >= 15 is 0 Å². The molecule has 2 saturated heterocycles. The van der Waals surface area contributed by atoms with E-state index in [9.17, 15) is 34.2 Å².